The molecule has 21 heavy (non-hydrogen) atoms. The molecule has 1 rings (SSSR count). The summed E-state index contributed by atoms with van der Waals surface area (Å²) in [5.41, 5.74) is -0.638. The minimum Gasteiger partial charge on any atom is -0.465 e. The molecule has 1 aliphatic heterocycles. The van der Waals surface area contributed by atoms with Gasteiger partial charge in [-0.2, -0.15) is 0 Å². The third-order valence-corrected chi connectivity index (χ3v) is 4.55. The van der Waals surface area contributed by atoms with Crippen LogP contribution in [0.4, 0.5) is 0 Å². The molecule has 0 aromatic carbocycles. The Bertz CT molecular complexity index is 337. The van der Waals surface area contributed by atoms with Gasteiger partial charge in [-0.3, -0.25) is 9.69 Å². The molecule has 1 saturated heterocycles. The van der Waals surface area contributed by atoms with E-state index in [2.05, 4.69) is 31.1 Å². The summed E-state index contributed by atoms with van der Waals surface area (Å²) in [6.07, 6.45) is 2.03. The number of hydrogen-bond acceptors (Lipinski definition) is 5. The molecule has 4 atom stereocenters. The van der Waals surface area contributed by atoms with Gasteiger partial charge in [0.05, 0.1) is 12.7 Å². The normalized spacial score (nSPS) is 26.6. The first-order valence-electron chi connectivity index (χ1n) is 8.11. The van der Waals surface area contributed by atoms with Crippen molar-refractivity contribution in [1.82, 2.24) is 10.2 Å². The third-order valence-electron chi connectivity index (χ3n) is 4.55. The molecule has 0 radical (unpaired) electrons. The standard InChI is InChI=1S/C16H32N2O3/c1-7-17-16(5,15(19)20-8-2)11-12(3)18(6)14-9-10-21-13(14)4/h12-14,17H,7-11H2,1-6H3. The minimum atomic E-state index is -0.638. The fourth-order valence-electron chi connectivity index (χ4n) is 3.23. The molecule has 0 spiro atoms. The van der Waals surface area contributed by atoms with Crippen LogP contribution in [-0.4, -0.2) is 61.4 Å². The number of likely N-dealkylation sites (N-methyl/N-ethyl adjacent to an activating group) is 2. The monoisotopic (exact) mass is 300 g/mol. The number of hydrogen-bond donors (Lipinski definition) is 1. The molecule has 124 valence electrons. The molecule has 1 fully saturated rings. The Labute approximate surface area is 129 Å². The van der Waals surface area contributed by atoms with E-state index in [1.54, 1.807) is 0 Å². The molecule has 1 heterocycles. The largest absolute Gasteiger partial charge is 0.465 e. The summed E-state index contributed by atoms with van der Waals surface area (Å²) in [5, 5.41) is 3.30. The van der Waals surface area contributed by atoms with Crippen molar-refractivity contribution in [3.05, 3.63) is 0 Å². The fourth-order valence-corrected chi connectivity index (χ4v) is 3.23. The Morgan fingerprint density at radius 2 is 2.19 bits per heavy atom. The van der Waals surface area contributed by atoms with E-state index in [0.29, 0.717) is 12.6 Å². The Kier molecular flexibility index (Phi) is 7.10. The highest BCUT2D eigenvalue weighted by molar-refractivity contribution is 5.80. The summed E-state index contributed by atoms with van der Waals surface area (Å²) in [7, 11) is 2.12. The maximum absolute atomic E-state index is 12.3. The summed E-state index contributed by atoms with van der Waals surface area (Å²) < 4.78 is 10.9. The number of rotatable bonds is 8. The maximum Gasteiger partial charge on any atom is 0.326 e. The number of carbonyl (C=O) groups excluding carboxylic acids is 1. The quantitative estimate of drug-likeness (QED) is 0.693. The minimum absolute atomic E-state index is 0.164. The van der Waals surface area contributed by atoms with Crippen molar-refractivity contribution in [1.29, 1.82) is 0 Å². The van der Waals surface area contributed by atoms with Gasteiger partial charge in [-0.05, 0) is 54.1 Å². The Hall–Kier alpha value is -0.650. The molecule has 0 aliphatic carbocycles. The molecule has 1 aliphatic rings. The predicted molar refractivity (Wildman–Crippen MR) is 84.4 cm³/mol. The van der Waals surface area contributed by atoms with Crippen LogP contribution in [0.25, 0.3) is 0 Å². The van der Waals surface area contributed by atoms with Gasteiger partial charge in [-0.15, -0.1) is 0 Å². The highest BCUT2D eigenvalue weighted by atomic mass is 16.5. The van der Waals surface area contributed by atoms with E-state index in [1.165, 1.54) is 0 Å². The van der Waals surface area contributed by atoms with Crippen molar-refractivity contribution in [2.75, 3.05) is 26.8 Å². The summed E-state index contributed by atoms with van der Waals surface area (Å²) in [5.74, 6) is -0.164. The van der Waals surface area contributed by atoms with E-state index in [0.717, 1.165) is 26.0 Å². The molecule has 0 aromatic heterocycles. The van der Waals surface area contributed by atoms with Crippen LogP contribution in [0.2, 0.25) is 0 Å². The summed E-state index contributed by atoms with van der Waals surface area (Å²) in [4.78, 5) is 14.6. The molecule has 5 heteroatoms. The highest BCUT2D eigenvalue weighted by Crippen LogP contribution is 2.24. The second-order valence-electron chi connectivity index (χ2n) is 6.23. The Balaban J connectivity index is 2.70. The van der Waals surface area contributed by atoms with Crippen molar-refractivity contribution in [2.45, 2.75) is 71.2 Å². The molecular weight excluding hydrogens is 268 g/mol. The van der Waals surface area contributed by atoms with Crippen LogP contribution in [0.15, 0.2) is 0 Å². The van der Waals surface area contributed by atoms with Crippen LogP contribution in [0.1, 0.15) is 47.5 Å². The van der Waals surface area contributed by atoms with E-state index in [-0.39, 0.29) is 18.1 Å². The lowest BCUT2D eigenvalue weighted by molar-refractivity contribution is -0.151. The third kappa shape index (κ3) is 4.66. The number of ether oxygens (including phenoxy) is 2. The van der Waals surface area contributed by atoms with Crippen molar-refractivity contribution in [2.24, 2.45) is 0 Å². The highest BCUT2D eigenvalue weighted by Gasteiger charge is 2.38. The van der Waals surface area contributed by atoms with Gasteiger partial charge >= 0.3 is 5.97 Å². The van der Waals surface area contributed by atoms with Gasteiger partial charge in [-0.25, -0.2) is 0 Å². The average Bonchev–Trinajstić information content (AvgIpc) is 2.84. The molecule has 0 saturated carbocycles. The Morgan fingerprint density at radius 3 is 2.67 bits per heavy atom. The Morgan fingerprint density at radius 1 is 1.52 bits per heavy atom. The van der Waals surface area contributed by atoms with E-state index in [9.17, 15) is 4.79 Å². The smallest absolute Gasteiger partial charge is 0.326 e. The zero-order valence-corrected chi connectivity index (χ0v) is 14.4. The lowest BCUT2D eigenvalue weighted by atomic mass is 9.91. The molecule has 5 nitrogen and oxygen atoms in total. The second-order valence-corrected chi connectivity index (χ2v) is 6.23. The SMILES string of the molecule is CCNC(C)(CC(C)N(C)C1CCOC1C)C(=O)OCC. The topological polar surface area (TPSA) is 50.8 Å². The molecule has 0 aromatic rings. The van der Waals surface area contributed by atoms with E-state index < -0.39 is 5.54 Å². The summed E-state index contributed by atoms with van der Waals surface area (Å²) >= 11 is 0. The first-order chi connectivity index (χ1) is 9.85. The molecular formula is C16H32N2O3. The summed E-state index contributed by atoms with van der Waals surface area (Å²) in [6.45, 7) is 12.1. The van der Waals surface area contributed by atoms with Gasteiger partial charge < -0.3 is 14.8 Å². The van der Waals surface area contributed by atoms with Gasteiger partial charge in [0.1, 0.15) is 5.54 Å². The van der Waals surface area contributed by atoms with Crippen LogP contribution < -0.4 is 5.32 Å². The van der Waals surface area contributed by atoms with Gasteiger partial charge in [0.25, 0.3) is 0 Å². The van der Waals surface area contributed by atoms with Gasteiger partial charge in [0, 0.05) is 18.7 Å². The van der Waals surface area contributed by atoms with Gasteiger partial charge in [-0.1, -0.05) is 6.92 Å². The van der Waals surface area contributed by atoms with Crippen LogP contribution >= 0.6 is 0 Å². The number of esters is 1. The fraction of sp³-hybridized carbons (Fsp3) is 0.938. The van der Waals surface area contributed by atoms with Crippen LogP contribution in [0, 0.1) is 0 Å². The maximum atomic E-state index is 12.3. The molecule has 4 unspecified atom stereocenters. The molecule has 0 bridgehead atoms. The van der Waals surface area contributed by atoms with Crippen molar-refractivity contribution in [3.63, 3.8) is 0 Å². The van der Waals surface area contributed by atoms with Gasteiger partial charge in [0.15, 0.2) is 0 Å². The zero-order chi connectivity index (χ0) is 16.0. The predicted octanol–water partition coefficient (Wildman–Crippen LogP) is 1.81. The van der Waals surface area contributed by atoms with Crippen molar-refractivity contribution < 1.29 is 14.3 Å². The first kappa shape index (κ1) is 18.4. The molecule has 1 N–H and O–H groups in total. The average molecular weight is 300 g/mol. The van der Waals surface area contributed by atoms with Crippen LogP contribution in [-0.2, 0) is 14.3 Å². The summed E-state index contributed by atoms with van der Waals surface area (Å²) in [6, 6.07) is 0.695. The first-order valence-corrected chi connectivity index (χ1v) is 8.11. The van der Waals surface area contributed by atoms with Gasteiger partial charge in [0.2, 0.25) is 0 Å². The van der Waals surface area contributed by atoms with E-state index >= 15 is 0 Å². The molecule has 0 amide bonds. The van der Waals surface area contributed by atoms with Crippen LogP contribution in [0.3, 0.4) is 0 Å². The number of nitrogens with one attached hydrogen (secondary N) is 1. The van der Waals surface area contributed by atoms with E-state index in [1.807, 2.05) is 20.8 Å². The second kappa shape index (κ2) is 8.11. The lowest BCUT2D eigenvalue weighted by Gasteiger charge is -2.37. The van der Waals surface area contributed by atoms with Crippen LogP contribution in [0.5, 0.6) is 0 Å². The van der Waals surface area contributed by atoms with Crippen molar-refractivity contribution in [3.8, 4) is 0 Å². The van der Waals surface area contributed by atoms with E-state index in [4.69, 9.17) is 9.47 Å². The van der Waals surface area contributed by atoms with Crippen molar-refractivity contribution >= 4 is 5.97 Å². The number of nitrogens with zero attached hydrogens (tertiary/aromatic N) is 1. The number of carbonyl (C=O) groups is 1. The zero-order valence-electron chi connectivity index (χ0n) is 14.4. The lowest BCUT2D eigenvalue weighted by Crippen LogP contribution is -2.55.